The lowest BCUT2D eigenvalue weighted by Crippen LogP contribution is -2.43. The summed E-state index contributed by atoms with van der Waals surface area (Å²) in [6.07, 6.45) is 8.03. The quantitative estimate of drug-likeness (QED) is 0.676. The molecule has 5 heteroatoms. The standard InChI is InChI=1S/C24H26N4O/c29-24(27-13-12-19-5-2-1-3-6-19)23-7-4-14-28(23)17-20-8-10-21(11-9-20)22-15-25-18-26-16-22/h1-3,5-6,8-11,15-16,18,23H,4,7,12-14,17H2,(H,27,29). The van der Waals surface area contributed by atoms with E-state index in [1.807, 2.05) is 30.6 Å². The molecule has 4 rings (SSSR count). The van der Waals surface area contributed by atoms with Crippen LogP contribution in [0, 0.1) is 0 Å². The van der Waals surface area contributed by atoms with Crippen LogP contribution in [-0.4, -0.2) is 39.9 Å². The molecule has 1 aromatic heterocycles. The highest BCUT2D eigenvalue weighted by Gasteiger charge is 2.30. The molecule has 1 N–H and O–H groups in total. The Hall–Kier alpha value is -3.05. The van der Waals surface area contributed by atoms with E-state index in [2.05, 4.69) is 56.6 Å². The molecule has 0 saturated carbocycles. The largest absolute Gasteiger partial charge is 0.354 e. The fourth-order valence-corrected chi connectivity index (χ4v) is 3.89. The number of nitrogens with zero attached hydrogens (tertiary/aromatic N) is 3. The van der Waals surface area contributed by atoms with Crippen LogP contribution in [0.1, 0.15) is 24.0 Å². The zero-order valence-corrected chi connectivity index (χ0v) is 16.5. The molecule has 1 amide bonds. The number of hydrogen-bond donors (Lipinski definition) is 1. The molecule has 1 saturated heterocycles. The van der Waals surface area contributed by atoms with E-state index >= 15 is 0 Å². The average molecular weight is 386 g/mol. The smallest absolute Gasteiger partial charge is 0.237 e. The third-order valence-corrected chi connectivity index (χ3v) is 5.46. The predicted octanol–water partition coefficient (Wildman–Crippen LogP) is 3.47. The number of aromatic nitrogens is 2. The summed E-state index contributed by atoms with van der Waals surface area (Å²) < 4.78 is 0. The SMILES string of the molecule is O=C(NCCc1ccccc1)C1CCCN1Cc1ccc(-c2cncnc2)cc1. The van der Waals surface area contributed by atoms with E-state index in [1.54, 1.807) is 0 Å². The number of rotatable bonds is 7. The van der Waals surface area contributed by atoms with Gasteiger partial charge in [0.1, 0.15) is 6.33 Å². The molecule has 0 spiro atoms. The minimum absolute atomic E-state index is 0.0343. The van der Waals surface area contributed by atoms with Crippen molar-refractivity contribution in [2.45, 2.75) is 31.8 Å². The van der Waals surface area contributed by atoms with Crippen LogP contribution in [0.4, 0.5) is 0 Å². The van der Waals surface area contributed by atoms with E-state index in [1.165, 1.54) is 17.5 Å². The fraction of sp³-hybridized carbons (Fsp3) is 0.292. The van der Waals surface area contributed by atoms with E-state index in [0.717, 1.165) is 43.5 Å². The molecule has 0 radical (unpaired) electrons. The van der Waals surface area contributed by atoms with Gasteiger partial charge in [0.05, 0.1) is 6.04 Å². The molecule has 1 aliphatic rings. The lowest BCUT2D eigenvalue weighted by Gasteiger charge is -2.24. The van der Waals surface area contributed by atoms with Gasteiger partial charge in [-0.25, -0.2) is 9.97 Å². The Morgan fingerprint density at radius 1 is 0.966 bits per heavy atom. The number of likely N-dealkylation sites (tertiary alicyclic amines) is 1. The highest BCUT2D eigenvalue weighted by atomic mass is 16.2. The van der Waals surface area contributed by atoms with Gasteiger partial charge in [-0.1, -0.05) is 54.6 Å². The molecule has 5 nitrogen and oxygen atoms in total. The molecule has 0 bridgehead atoms. The fourth-order valence-electron chi connectivity index (χ4n) is 3.89. The summed E-state index contributed by atoms with van der Waals surface area (Å²) in [7, 11) is 0. The van der Waals surface area contributed by atoms with Crippen molar-refractivity contribution >= 4 is 5.91 Å². The second-order valence-electron chi connectivity index (χ2n) is 7.48. The van der Waals surface area contributed by atoms with Gasteiger partial charge >= 0.3 is 0 Å². The van der Waals surface area contributed by atoms with Gasteiger partial charge in [-0.15, -0.1) is 0 Å². The highest BCUT2D eigenvalue weighted by Crippen LogP contribution is 2.22. The first-order valence-electron chi connectivity index (χ1n) is 10.2. The highest BCUT2D eigenvalue weighted by molar-refractivity contribution is 5.82. The van der Waals surface area contributed by atoms with Crippen molar-refractivity contribution < 1.29 is 4.79 Å². The number of hydrogen-bond acceptors (Lipinski definition) is 4. The van der Waals surface area contributed by atoms with Crippen molar-refractivity contribution in [2.24, 2.45) is 0 Å². The van der Waals surface area contributed by atoms with Gasteiger partial charge in [-0.05, 0) is 42.5 Å². The summed E-state index contributed by atoms with van der Waals surface area (Å²) in [4.78, 5) is 23.2. The van der Waals surface area contributed by atoms with Crippen LogP contribution in [0.2, 0.25) is 0 Å². The Labute approximate surface area is 171 Å². The maximum atomic E-state index is 12.7. The number of carbonyl (C=O) groups excluding carboxylic acids is 1. The van der Waals surface area contributed by atoms with E-state index < -0.39 is 0 Å². The van der Waals surface area contributed by atoms with Gasteiger partial charge < -0.3 is 5.32 Å². The van der Waals surface area contributed by atoms with Crippen molar-refractivity contribution in [3.8, 4) is 11.1 Å². The van der Waals surface area contributed by atoms with Crippen LogP contribution < -0.4 is 5.32 Å². The molecule has 1 atom stereocenters. The Bertz CT molecular complexity index is 913. The van der Waals surface area contributed by atoms with Gasteiger partial charge in [0.2, 0.25) is 5.91 Å². The summed E-state index contributed by atoms with van der Waals surface area (Å²) >= 11 is 0. The second-order valence-corrected chi connectivity index (χ2v) is 7.48. The first kappa shape index (κ1) is 19.3. The van der Waals surface area contributed by atoms with Crippen molar-refractivity contribution in [1.29, 1.82) is 0 Å². The molecule has 1 aliphatic heterocycles. The van der Waals surface area contributed by atoms with Crippen LogP contribution >= 0.6 is 0 Å². The van der Waals surface area contributed by atoms with Crippen LogP contribution in [-0.2, 0) is 17.8 Å². The number of nitrogens with one attached hydrogen (secondary N) is 1. The van der Waals surface area contributed by atoms with Crippen LogP contribution in [0.25, 0.3) is 11.1 Å². The molecule has 0 aliphatic carbocycles. The van der Waals surface area contributed by atoms with Crippen LogP contribution in [0.3, 0.4) is 0 Å². The monoisotopic (exact) mass is 386 g/mol. The molecule has 1 unspecified atom stereocenters. The lowest BCUT2D eigenvalue weighted by atomic mass is 10.1. The molecule has 3 aromatic rings. The first-order valence-corrected chi connectivity index (χ1v) is 10.2. The third-order valence-electron chi connectivity index (χ3n) is 5.46. The van der Waals surface area contributed by atoms with Gasteiger partial charge in [0.15, 0.2) is 0 Å². The summed E-state index contributed by atoms with van der Waals surface area (Å²) in [5.41, 5.74) is 4.58. The molecule has 2 aromatic carbocycles. The topological polar surface area (TPSA) is 58.1 Å². The van der Waals surface area contributed by atoms with Crippen molar-refractivity contribution in [3.05, 3.63) is 84.4 Å². The Morgan fingerprint density at radius 3 is 2.48 bits per heavy atom. The number of carbonyl (C=O) groups is 1. The maximum Gasteiger partial charge on any atom is 0.237 e. The summed E-state index contributed by atoms with van der Waals surface area (Å²) in [6, 6.07) is 18.7. The molecular weight excluding hydrogens is 360 g/mol. The third kappa shape index (κ3) is 5.06. The number of amides is 1. The Kier molecular flexibility index (Phi) is 6.27. The van der Waals surface area contributed by atoms with Gasteiger partial charge in [0.25, 0.3) is 0 Å². The van der Waals surface area contributed by atoms with E-state index in [0.29, 0.717) is 6.54 Å². The van der Waals surface area contributed by atoms with Crippen LogP contribution in [0.15, 0.2) is 73.3 Å². The maximum absolute atomic E-state index is 12.7. The first-order chi connectivity index (χ1) is 14.3. The van der Waals surface area contributed by atoms with Crippen molar-refractivity contribution in [3.63, 3.8) is 0 Å². The zero-order valence-electron chi connectivity index (χ0n) is 16.5. The lowest BCUT2D eigenvalue weighted by molar-refractivity contribution is -0.125. The van der Waals surface area contributed by atoms with Gasteiger partial charge in [-0.3, -0.25) is 9.69 Å². The summed E-state index contributed by atoms with van der Waals surface area (Å²) in [6.45, 7) is 2.44. The summed E-state index contributed by atoms with van der Waals surface area (Å²) in [5.74, 6) is 0.150. The minimum atomic E-state index is -0.0343. The molecular formula is C24H26N4O. The Balaban J connectivity index is 1.31. The van der Waals surface area contributed by atoms with E-state index in [-0.39, 0.29) is 11.9 Å². The van der Waals surface area contributed by atoms with Crippen LogP contribution in [0.5, 0.6) is 0 Å². The predicted molar refractivity (Wildman–Crippen MR) is 114 cm³/mol. The minimum Gasteiger partial charge on any atom is -0.354 e. The van der Waals surface area contributed by atoms with Gasteiger partial charge in [0, 0.05) is 31.0 Å². The molecule has 148 valence electrons. The van der Waals surface area contributed by atoms with Gasteiger partial charge in [-0.2, -0.15) is 0 Å². The Morgan fingerprint density at radius 2 is 1.72 bits per heavy atom. The van der Waals surface area contributed by atoms with E-state index in [4.69, 9.17) is 0 Å². The zero-order chi connectivity index (χ0) is 19.9. The number of benzene rings is 2. The summed E-state index contributed by atoms with van der Waals surface area (Å²) in [5, 5.41) is 3.12. The molecule has 1 fully saturated rings. The second kappa shape index (κ2) is 9.43. The normalized spacial score (nSPS) is 16.6. The average Bonchev–Trinajstić information content (AvgIpc) is 3.24. The van der Waals surface area contributed by atoms with Crippen molar-refractivity contribution in [1.82, 2.24) is 20.2 Å². The van der Waals surface area contributed by atoms with Crippen molar-refractivity contribution in [2.75, 3.05) is 13.1 Å². The van der Waals surface area contributed by atoms with E-state index in [9.17, 15) is 4.79 Å². The molecule has 2 heterocycles. The molecule has 29 heavy (non-hydrogen) atoms.